The van der Waals surface area contributed by atoms with Crippen LogP contribution in [0.15, 0.2) is 194 Å². The smallest absolute Gasteiger partial charge is 0.165 e. The molecule has 0 saturated carbocycles. The van der Waals surface area contributed by atoms with E-state index in [9.17, 15) is 0 Å². The highest BCUT2D eigenvalue weighted by Gasteiger charge is 2.25. The molecule has 13 rings (SSSR count). The summed E-state index contributed by atoms with van der Waals surface area (Å²) < 4.78 is 4.86. The van der Waals surface area contributed by atoms with Crippen LogP contribution in [0.2, 0.25) is 0 Å². The lowest BCUT2D eigenvalue weighted by molar-refractivity contribution is 1.08. The molecule has 0 amide bonds. The van der Waals surface area contributed by atoms with Gasteiger partial charge in [0.2, 0.25) is 0 Å². The van der Waals surface area contributed by atoms with E-state index in [0.29, 0.717) is 0 Å². The Kier molecular flexibility index (Phi) is 6.41. The van der Waals surface area contributed by atoms with Crippen LogP contribution in [-0.4, -0.2) is 18.9 Å². The van der Waals surface area contributed by atoms with Crippen LogP contribution in [0.4, 0.5) is 0 Å². The molecule has 9 aromatic carbocycles. The lowest BCUT2D eigenvalue weighted by Gasteiger charge is -2.17. The van der Waals surface area contributed by atoms with Gasteiger partial charge in [-0.1, -0.05) is 158 Å². The van der Waals surface area contributed by atoms with Crippen molar-refractivity contribution in [1.29, 1.82) is 0 Å². The Labute approximate surface area is 332 Å². The summed E-state index contributed by atoms with van der Waals surface area (Å²) in [5.74, 6) is 0.810. The first kappa shape index (κ1) is 31.4. The third kappa shape index (κ3) is 4.29. The Bertz CT molecular complexity index is 3780. The first-order chi connectivity index (χ1) is 28.8. The summed E-state index contributed by atoms with van der Waals surface area (Å²) in [6, 6.07) is 69.9. The molecule has 4 aromatic heterocycles. The van der Waals surface area contributed by atoms with Gasteiger partial charge in [-0.15, -0.1) is 0 Å². The molecule has 0 aliphatic carbocycles. The van der Waals surface area contributed by atoms with Crippen LogP contribution in [0.25, 0.3) is 121 Å². The van der Waals surface area contributed by atoms with Crippen LogP contribution in [0, 0.1) is 0 Å². The largest absolute Gasteiger partial charge is 0.308 e. The maximum Gasteiger partial charge on any atom is 0.165 e. The molecule has 58 heavy (non-hydrogen) atoms. The van der Waals surface area contributed by atoms with Gasteiger partial charge in [-0.2, -0.15) is 0 Å². The first-order valence-electron chi connectivity index (χ1n) is 19.8. The average Bonchev–Trinajstić information content (AvgIpc) is 3.78. The summed E-state index contributed by atoms with van der Waals surface area (Å²) in [5.41, 5.74) is 14.0. The minimum absolute atomic E-state index is 0.810. The summed E-state index contributed by atoms with van der Waals surface area (Å²) >= 11 is 0. The topological polar surface area (TPSA) is 35.1 Å². The third-order valence-electron chi connectivity index (χ3n) is 12.2. The predicted molar refractivity (Wildman–Crippen MR) is 242 cm³/mol. The highest BCUT2D eigenvalue weighted by molar-refractivity contribution is 6.31. The molecule has 0 unspecified atom stereocenters. The Hall–Kier alpha value is -7.82. The molecule has 0 spiro atoms. The predicted octanol–water partition coefficient (Wildman–Crippen LogP) is 14.0. The number of benzene rings is 9. The van der Waals surface area contributed by atoms with E-state index in [-0.39, 0.29) is 0 Å². The van der Waals surface area contributed by atoms with E-state index >= 15 is 0 Å². The van der Waals surface area contributed by atoms with Gasteiger partial charge in [0.15, 0.2) is 5.82 Å². The summed E-state index contributed by atoms with van der Waals surface area (Å²) in [4.78, 5) is 11.5. The highest BCUT2D eigenvalue weighted by Crippen LogP contribution is 2.45. The third-order valence-corrected chi connectivity index (χ3v) is 12.2. The van der Waals surface area contributed by atoms with E-state index in [0.717, 1.165) is 61.0 Å². The van der Waals surface area contributed by atoms with E-state index in [1.807, 2.05) is 0 Å². The molecule has 268 valence electrons. The summed E-state index contributed by atoms with van der Waals surface area (Å²) in [5, 5.41) is 9.63. The Morgan fingerprint density at radius 1 is 0.345 bits per heavy atom. The molecule has 0 N–H and O–H groups in total. The van der Waals surface area contributed by atoms with E-state index in [4.69, 9.17) is 9.97 Å². The van der Waals surface area contributed by atoms with E-state index < -0.39 is 0 Å². The van der Waals surface area contributed by atoms with Crippen molar-refractivity contribution >= 4 is 81.7 Å². The van der Waals surface area contributed by atoms with Crippen LogP contribution >= 0.6 is 0 Å². The van der Waals surface area contributed by atoms with Crippen LogP contribution in [0.3, 0.4) is 0 Å². The van der Waals surface area contributed by atoms with Crippen LogP contribution in [0.1, 0.15) is 0 Å². The van der Waals surface area contributed by atoms with Crippen molar-refractivity contribution in [3.63, 3.8) is 0 Å². The molecule has 0 bridgehead atoms. The first-order valence-corrected chi connectivity index (χ1v) is 19.8. The molecule has 0 radical (unpaired) electrons. The fourth-order valence-electron chi connectivity index (χ4n) is 9.74. The van der Waals surface area contributed by atoms with Crippen molar-refractivity contribution in [1.82, 2.24) is 18.9 Å². The number of rotatable bonds is 4. The summed E-state index contributed by atoms with van der Waals surface area (Å²) in [7, 11) is 0. The minimum Gasteiger partial charge on any atom is -0.308 e. The monoisotopic (exact) mass is 736 g/mol. The minimum atomic E-state index is 0.810. The molecule has 4 nitrogen and oxygen atoms in total. The molecule has 0 fully saturated rings. The van der Waals surface area contributed by atoms with Gasteiger partial charge in [-0.05, 0) is 63.9 Å². The second-order valence-electron chi connectivity index (χ2n) is 15.3. The van der Waals surface area contributed by atoms with E-state index in [2.05, 4.69) is 203 Å². The average molecular weight is 737 g/mol. The van der Waals surface area contributed by atoms with Gasteiger partial charge in [0.05, 0.1) is 38.6 Å². The zero-order valence-electron chi connectivity index (χ0n) is 31.3. The van der Waals surface area contributed by atoms with Crippen molar-refractivity contribution in [3.8, 4) is 39.3 Å². The Morgan fingerprint density at radius 2 is 0.914 bits per heavy atom. The molecule has 0 saturated heterocycles. The zero-order valence-corrected chi connectivity index (χ0v) is 31.3. The van der Waals surface area contributed by atoms with Crippen LogP contribution < -0.4 is 0 Å². The van der Waals surface area contributed by atoms with Crippen molar-refractivity contribution in [3.05, 3.63) is 194 Å². The van der Waals surface area contributed by atoms with Gasteiger partial charge in [-0.25, -0.2) is 9.97 Å². The molecule has 13 aromatic rings. The second kappa shape index (κ2) is 11.8. The number of hydrogen-bond acceptors (Lipinski definition) is 2. The lowest BCUT2D eigenvalue weighted by Crippen LogP contribution is -2.05. The highest BCUT2D eigenvalue weighted by atomic mass is 15.1. The van der Waals surface area contributed by atoms with Crippen molar-refractivity contribution in [2.75, 3.05) is 0 Å². The normalized spacial score (nSPS) is 12.1. The molecular weight excluding hydrogens is 705 g/mol. The number of hydrogen-bond donors (Lipinski definition) is 0. The number of aromatic nitrogens is 4. The lowest BCUT2D eigenvalue weighted by atomic mass is 9.95. The second-order valence-corrected chi connectivity index (χ2v) is 15.3. The molecule has 0 aliphatic rings. The number of para-hydroxylation sites is 2. The molecular formula is C54H32N4. The van der Waals surface area contributed by atoms with Gasteiger partial charge in [0, 0.05) is 43.4 Å². The van der Waals surface area contributed by atoms with Gasteiger partial charge < -0.3 is 4.40 Å². The summed E-state index contributed by atoms with van der Waals surface area (Å²) in [6.07, 6.45) is 0. The molecule has 0 atom stereocenters. The Morgan fingerprint density at radius 3 is 1.76 bits per heavy atom. The maximum atomic E-state index is 5.81. The molecule has 0 aliphatic heterocycles. The maximum absolute atomic E-state index is 5.81. The zero-order chi connectivity index (χ0) is 37.9. The summed E-state index contributed by atoms with van der Waals surface area (Å²) in [6.45, 7) is 0. The molecule has 4 heteroatoms. The Balaban J connectivity index is 1.20. The fourth-order valence-corrected chi connectivity index (χ4v) is 9.74. The van der Waals surface area contributed by atoms with Gasteiger partial charge in [-0.3, -0.25) is 4.57 Å². The van der Waals surface area contributed by atoms with Crippen LogP contribution in [0.5, 0.6) is 0 Å². The SMILES string of the molecule is c1ccc(-c2cccc(-c3cc4ccccc4c4nc(-n5c6cccc7c8cccc9c%10ccccc%10n(c%10cccc5c%10c76)c89)c(-c5ccccc5)nc34)c2)cc1. The van der Waals surface area contributed by atoms with Gasteiger partial charge >= 0.3 is 0 Å². The van der Waals surface area contributed by atoms with Crippen molar-refractivity contribution in [2.24, 2.45) is 0 Å². The molecule has 4 heterocycles. The van der Waals surface area contributed by atoms with E-state index in [1.165, 1.54) is 60.0 Å². The quantitative estimate of drug-likeness (QED) is 0.169. The van der Waals surface area contributed by atoms with E-state index in [1.54, 1.807) is 0 Å². The van der Waals surface area contributed by atoms with Gasteiger partial charge in [0.25, 0.3) is 0 Å². The standard InChI is InChI=1S/C54H32N4/c1-3-15-33(16-4-1)35-20-11-21-36(31-35)43-32-37-19-7-8-22-38(37)51-52(43)55-50(34-17-5-2-6-18-34)54(56-51)58-45-28-13-24-40-42-26-12-25-41-39-23-9-10-27-44(39)57(53(41)42)46-29-14-30-47(58)49(46)48(40)45/h1-32H. The van der Waals surface area contributed by atoms with Crippen LogP contribution in [-0.2, 0) is 0 Å². The van der Waals surface area contributed by atoms with Gasteiger partial charge in [0.1, 0.15) is 5.69 Å². The van der Waals surface area contributed by atoms with Crippen molar-refractivity contribution < 1.29 is 0 Å². The number of fused-ring (bicyclic) bond motifs is 8. The van der Waals surface area contributed by atoms with Crippen molar-refractivity contribution in [2.45, 2.75) is 0 Å². The number of nitrogens with zero attached hydrogens (tertiary/aromatic N) is 4. The fraction of sp³-hybridized carbons (Fsp3) is 0.